The number of nitriles is 1. The summed E-state index contributed by atoms with van der Waals surface area (Å²) in [6.45, 7) is 1.01. The molecular weight excluding hydrogens is 356 g/mol. The van der Waals surface area contributed by atoms with Crippen LogP contribution in [0.5, 0.6) is 0 Å². The molecule has 0 spiro atoms. The SMILES string of the molecule is N#CC1CCC(C2CC(F)CC(CN3[C@H]4CC[C@@H]3[C@H](N)C4)C2C2CC2)CC1F. The molecular formula is C23H35F2N3. The van der Waals surface area contributed by atoms with Crippen LogP contribution in [-0.4, -0.2) is 41.9 Å². The van der Waals surface area contributed by atoms with E-state index >= 15 is 0 Å². The molecule has 2 heterocycles. The maximum Gasteiger partial charge on any atom is 0.116 e. The second-order valence-corrected chi connectivity index (χ2v) is 10.6. The molecule has 3 saturated carbocycles. The van der Waals surface area contributed by atoms with Gasteiger partial charge in [0.25, 0.3) is 0 Å². The van der Waals surface area contributed by atoms with Gasteiger partial charge in [0.2, 0.25) is 0 Å². The maximum atomic E-state index is 14.9. The van der Waals surface area contributed by atoms with E-state index in [1.807, 2.05) is 0 Å². The highest BCUT2D eigenvalue weighted by atomic mass is 19.1. The van der Waals surface area contributed by atoms with E-state index in [2.05, 4.69) is 11.0 Å². The number of hydrogen-bond donors (Lipinski definition) is 1. The standard InChI is InChI=1S/C23H35F2N3/c24-17-7-16(12-28-18-5-6-22(28)21(27)10-18)23(13-1-2-13)19(9-17)14-3-4-15(11-26)20(25)8-14/h13-23H,1-10,12,27H2/t14?,15?,16?,17?,18-,19?,20?,21+,22+,23?/m0/s1. The fourth-order valence-corrected chi connectivity index (χ4v) is 7.69. The van der Waals surface area contributed by atoms with Crippen LogP contribution in [0.15, 0.2) is 0 Å². The highest BCUT2D eigenvalue weighted by Gasteiger charge is 2.52. The number of alkyl halides is 2. The largest absolute Gasteiger partial charge is 0.326 e. The van der Waals surface area contributed by atoms with Gasteiger partial charge in [-0.15, -0.1) is 0 Å². The van der Waals surface area contributed by atoms with E-state index in [4.69, 9.17) is 11.0 Å². The van der Waals surface area contributed by atoms with Crippen molar-refractivity contribution in [3.8, 4) is 6.07 Å². The normalized spacial score (nSPS) is 51.9. The molecule has 28 heavy (non-hydrogen) atoms. The Hall–Kier alpha value is -0.730. The van der Waals surface area contributed by atoms with Crippen molar-refractivity contribution < 1.29 is 8.78 Å². The van der Waals surface area contributed by atoms with Gasteiger partial charge in [0.05, 0.1) is 12.0 Å². The summed E-state index contributed by atoms with van der Waals surface area (Å²) in [6, 6.07) is 3.56. The van der Waals surface area contributed by atoms with Crippen molar-refractivity contribution in [3.63, 3.8) is 0 Å². The van der Waals surface area contributed by atoms with Crippen LogP contribution >= 0.6 is 0 Å². The van der Waals surface area contributed by atoms with Crippen LogP contribution in [0.25, 0.3) is 0 Å². The predicted molar refractivity (Wildman–Crippen MR) is 105 cm³/mol. The average molecular weight is 392 g/mol. The van der Waals surface area contributed by atoms with Gasteiger partial charge in [0.15, 0.2) is 0 Å². The highest BCUT2D eigenvalue weighted by Crippen LogP contribution is 2.55. The molecule has 0 aromatic heterocycles. The minimum absolute atomic E-state index is 0.267. The van der Waals surface area contributed by atoms with Crippen molar-refractivity contribution in [3.05, 3.63) is 0 Å². The van der Waals surface area contributed by atoms with Gasteiger partial charge in [-0.05, 0) is 93.8 Å². The number of nitrogens with two attached hydrogens (primary N) is 1. The fourth-order valence-electron chi connectivity index (χ4n) is 7.69. The molecule has 7 unspecified atom stereocenters. The van der Waals surface area contributed by atoms with E-state index in [0.717, 1.165) is 25.3 Å². The van der Waals surface area contributed by atoms with Crippen LogP contribution in [0.4, 0.5) is 8.78 Å². The van der Waals surface area contributed by atoms with Crippen LogP contribution in [0.2, 0.25) is 0 Å². The van der Waals surface area contributed by atoms with Crippen molar-refractivity contribution in [2.75, 3.05) is 6.54 Å². The zero-order valence-corrected chi connectivity index (χ0v) is 16.9. The topological polar surface area (TPSA) is 53.0 Å². The Morgan fingerprint density at radius 1 is 0.929 bits per heavy atom. The van der Waals surface area contributed by atoms with Crippen LogP contribution in [0.3, 0.4) is 0 Å². The molecule has 0 aromatic rings. The number of halogens is 2. The van der Waals surface area contributed by atoms with Crippen molar-refractivity contribution in [2.24, 2.45) is 41.2 Å². The number of hydrogen-bond acceptors (Lipinski definition) is 3. The molecule has 10 atom stereocenters. The Balaban J connectivity index is 1.33. The smallest absolute Gasteiger partial charge is 0.116 e. The third kappa shape index (κ3) is 3.39. The van der Waals surface area contributed by atoms with Crippen LogP contribution in [0, 0.1) is 46.8 Å². The summed E-state index contributed by atoms with van der Waals surface area (Å²) in [5, 5.41) is 9.16. The van der Waals surface area contributed by atoms with Crippen molar-refractivity contribution in [2.45, 2.75) is 94.7 Å². The van der Waals surface area contributed by atoms with Gasteiger partial charge in [-0.25, -0.2) is 8.78 Å². The first-order valence-corrected chi connectivity index (χ1v) is 11.7. The van der Waals surface area contributed by atoms with E-state index in [0.29, 0.717) is 61.6 Å². The summed E-state index contributed by atoms with van der Waals surface area (Å²) in [4.78, 5) is 2.63. The first-order valence-electron chi connectivity index (χ1n) is 11.7. The van der Waals surface area contributed by atoms with Gasteiger partial charge in [-0.2, -0.15) is 5.26 Å². The molecule has 2 saturated heterocycles. The van der Waals surface area contributed by atoms with Gasteiger partial charge in [0, 0.05) is 24.7 Å². The van der Waals surface area contributed by atoms with Gasteiger partial charge in [-0.3, -0.25) is 4.90 Å². The molecule has 5 rings (SSSR count). The van der Waals surface area contributed by atoms with E-state index in [1.165, 1.54) is 25.7 Å². The molecule has 5 heteroatoms. The van der Waals surface area contributed by atoms with E-state index in [-0.39, 0.29) is 5.92 Å². The van der Waals surface area contributed by atoms with E-state index < -0.39 is 18.3 Å². The second kappa shape index (κ2) is 7.51. The lowest BCUT2D eigenvalue weighted by Gasteiger charge is -2.47. The monoisotopic (exact) mass is 391 g/mol. The molecule has 2 bridgehead atoms. The van der Waals surface area contributed by atoms with Gasteiger partial charge in [-0.1, -0.05) is 0 Å². The van der Waals surface area contributed by atoms with Crippen LogP contribution in [0.1, 0.15) is 64.2 Å². The molecule has 0 amide bonds. The number of rotatable bonds is 4. The Morgan fingerprint density at radius 2 is 1.71 bits per heavy atom. The fraction of sp³-hybridized carbons (Fsp3) is 0.957. The highest BCUT2D eigenvalue weighted by molar-refractivity contribution is 5.06. The van der Waals surface area contributed by atoms with Gasteiger partial charge >= 0.3 is 0 Å². The van der Waals surface area contributed by atoms with Crippen molar-refractivity contribution in [1.82, 2.24) is 4.90 Å². The van der Waals surface area contributed by atoms with Crippen molar-refractivity contribution >= 4 is 0 Å². The Labute approximate surface area is 168 Å². The zero-order valence-electron chi connectivity index (χ0n) is 16.9. The van der Waals surface area contributed by atoms with Crippen LogP contribution in [-0.2, 0) is 0 Å². The Morgan fingerprint density at radius 3 is 2.32 bits per heavy atom. The molecule has 0 aromatic carbocycles. The van der Waals surface area contributed by atoms with E-state index in [1.54, 1.807) is 0 Å². The number of nitrogens with zero attached hydrogens (tertiary/aromatic N) is 2. The Kier molecular flexibility index (Phi) is 5.16. The lowest BCUT2D eigenvalue weighted by Crippen LogP contribution is -2.47. The van der Waals surface area contributed by atoms with Gasteiger partial charge in [0.1, 0.15) is 12.3 Å². The summed E-state index contributed by atoms with van der Waals surface area (Å²) >= 11 is 0. The molecule has 156 valence electrons. The molecule has 2 aliphatic heterocycles. The number of fused-ring (bicyclic) bond motifs is 2. The lowest BCUT2D eigenvalue weighted by atomic mass is 9.61. The first kappa shape index (κ1) is 19.2. The predicted octanol–water partition coefficient (Wildman–Crippen LogP) is 4.22. The summed E-state index contributed by atoms with van der Waals surface area (Å²) in [5.41, 5.74) is 6.35. The summed E-state index contributed by atoms with van der Waals surface area (Å²) in [6.07, 6.45) is 7.70. The van der Waals surface area contributed by atoms with Crippen molar-refractivity contribution in [1.29, 1.82) is 5.26 Å². The summed E-state index contributed by atoms with van der Waals surface area (Å²) < 4.78 is 29.4. The summed E-state index contributed by atoms with van der Waals surface area (Å²) in [7, 11) is 0. The lowest BCUT2D eigenvalue weighted by molar-refractivity contribution is -0.0107. The second-order valence-electron chi connectivity index (χ2n) is 10.6. The van der Waals surface area contributed by atoms with E-state index in [9.17, 15) is 8.78 Å². The molecule has 3 nitrogen and oxygen atoms in total. The first-order chi connectivity index (χ1) is 13.5. The molecule has 2 N–H and O–H groups in total. The molecule has 3 aliphatic carbocycles. The quantitative estimate of drug-likeness (QED) is 0.781. The summed E-state index contributed by atoms with van der Waals surface area (Å²) in [5.74, 6) is 1.82. The Bertz CT molecular complexity index is 617. The third-order valence-electron chi connectivity index (χ3n) is 9.05. The maximum absolute atomic E-state index is 14.9. The van der Waals surface area contributed by atoms with Gasteiger partial charge < -0.3 is 5.73 Å². The zero-order chi connectivity index (χ0) is 19.4. The molecule has 0 radical (unpaired) electrons. The molecule has 5 aliphatic rings. The minimum atomic E-state index is -1.02. The van der Waals surface area contributed by atoms with Crippen LogP contribution < -0.4 is 5.73 Å². The average Bonchev–Trinajstić information content (AvgIpc) is 3.38. The molecule has 5 fully saturated rings. The third-order valence-corrected chi connectivity index (χ3v) is 9.05. The minimum Gasteiger partial charge on any atom is -0.326 e.